The summed E-state index contributed by atoms with van der Waals surface area (Å²) in [7, 11) is 3.06. The highest BCUT2D eigenvalue weighted by Gasteiger charge is 2.14. The Hall–Kier alpha value is -1.89. The van der Waals surface area contributed by atoms with E-state index in [0.29, 0.717) is 30.7 Å². The zero-order valence-electron chi connectivity index (χ0n) is 10.7. The zero-order valence-corrected chi connectivity index (χ0v) is 10.7. The van der Waals surface area contributed by atoms with E-state index in [1.54, 1.807) is 25.0 Å². The summed E-state index contributed by atoms with van der Waals surface area (Å²) in [5, 5.41) is 8.88. The molecule has 0 spiro atoms. The zero-order chi connectivity index (χ0) is 13.5. The Morgan fingerprint density at radius 3 is 2.72 bits per heavy atom. The predicted octanol–water partition coefficient (Wildman–Crippen LogP) is 0.331. The van der Waals surface area contributed by atoms with Gasteiger partial charge in [-0.2, -0.15) is 4.98 Å². The van der Waals surface area contributed by atoms with E-state index in [0.717, 1.165) is 0 Å². The van der Waals surface area contributed by atoms with Gasteiger partial charge in [0.25, 0.3) is 0 Å². The summed E-state index contributed by atoms with van der Waals surface area (Å²) < 4.78 is 9.99. The quantitative estimate of drug-likeness (QED) is 0.751. The number of nitrogens with zero attached hydrogens (tertiary/aromatic N) is 3. The fourth-order valence-electron chi connectivity index (χ4n) is 1.43. The molecule has 7 nitrogen and oxygen atoms in total. The number of carboxylic acids is 1. The van der Waals surface area contributed by atoms with Crippen LogP contribution in [0.5, 0.6) is 5.88 Å². The number of hydrogen-bond donors (Lipinski definition) is 1. The molecular weight excluding hydrogens is 238 g/mol. The number of rotatable bonds is 7. The second-order valence-electron chi connectivity index (χ2n) is 3.62. The minimum absolute atomic E-state index is 0.150. The standard InChI is InChI=1S/C11H17N3O4/c1-8-12-9(6-10(13-8)18-3)14(4-5-17-2)7-11(15)16/h6H,4-5,7H2,1-3H3,(H,15,16). The molecule has 0 aliphatic carbocycles. The molecule has 0 bridgehead atoms. The Bertz CT molecular complexity index is 411. The predicted molar refractivity (Wildman–Crippen MR) is 65.0 cm³/mol. The number of aryl methyl sites for hydroxylation is 1. The molecule has 18 heavy (non-hydrogen) atoms. The summed E-state index contributed by atoms with van der Waals surface area (Å²) >= 11 is 0. The number of ether oxygens (including phenoxy) is 2. The molecule has 1 aromatic heterocycles. The third-order valence-electron chi connectivity index (χ3n) is 2.23. The summed E-state index contributed by atoms with van der Waals surface area (Å²) in [6, 6.07) is 1.60. The maximum atomic E-state index is 10.8. The molecule has 100 valence electrons. The first-order valence-corrected chi connectivity index (χ1v) is 5.42. The van der Waals surface area contributed by atoms with Crippen LogP contribution in [-0.4, -0.2) is 55.0 Å². The van der Waals surface area contributed by atoms with Gasteiger partial charge in [0, 0.05) is 19.7 Å². The first-order valence-electron chi connectivity index (χ1n) is 5.42. The Kier molecular flexibility index (Phi) is 5.31. The van der Waals surface area contributed by atoms with Gasteiger partial charge in [0.2, 0.25) is 5.88 Å². The van der Waals surface area contributed by atoms with Gasteiger partial charge in [0.05, 0.1) is 13.7 Å². The van der Waals surface area contributed by atoms with Crippen molar-refractivity contribution in [1.82, 2.24) is 9.97 Å². The lowest BCUT2D eigenvalue weighted by molar-refractivity contribution is -0.135. The molecule has 0 aromatic carbocycles. The summed E-state index contributed by atoms with van der Waals surface area (Å²) in [5.74, 6) is 0.516. The van der Waals surface area contributed by atoms with Crippen LogP contribution < -0.4 is 9.64 Å². The van der Waals surface area contributed by atoms with Crippen LogP contribution in [0.2, 0.25) is 0 Å². The minimum Gasteiger partial charge on any atom is -0.481 e. The van der Waals surface area contributed by atoms with E-state index in [4.69, 9.17) is 14.6 Å². The number of methoxy groups -OCH3 is 2. The lowest BCUT2D eigenvalue weighted by Crippen LogP contribution is -2.33. The number of aromatic nitrogens is 2. The SMILES string of the molecule is COCCN(CC(=O)O)c1cc(OC)nc(C)n1. The van der Waals surface area contributed by atoms with Crippen LogP contribution in [0.25, 0.3) is 0 Å². The molecule has 0 amide bonds. The van der Waals surface area contributed by atoms with Gasteiger partial charge in [-0.05, 0) is 6.92 Å². The second-order valence-corrected chi connectivity index (χ2v) is 3.62. The maximum absolute atomic E-state index is 10.8. The molecule has 0 saturated carbocycles. The number of carbonyl (C=O) groups is 1. The van der Waals surface area contributed by atoms with Gasteiger partial charge < -0.3 is 19.5 Å². The Morgan fingerprint density at radius 1 is 1.44 bits per heavy atom. The van der Waals surface area contributed by atoms with Gasteiger partial charge in [0.15, 0.2) is 0 Å². The van der Waals surface area contributed by atoms with Gasteiger partial charge in [-0.15, -0.1) is 0 Å². The van der Waals surface area contributed by atoms with Gasteiger partial charge in [0.1, 0.15) is 18.2 Å². The molecule has 0 fully saturated rings. The molecule has 1 aromatic rings. The summed E-state index contributed by atoms with van der Waals surface area (Å²) in [6.07, 6.45) is 0. The van der Waals surface area contributed by atoms with Crippen molar-refractivity contribution in [3.05, 3.63) is 11.9 Å². The van der Waals surface area contributed by atoms with Crippen LogP contribution in [0.1, 0.15) is 5.82 Å². The lowest BCUT2D eigenvalue weighted by atomic mass is 10.4. The van der Waals surface area contributed by atoms with Crippen molar-refractivity contribution in [1.29, 1.82) is 0 Å². The third-order valence-corrected chi connectivity index (χ3v) is 2.23. The van der Waals surface area contributed by atoms with E-state index in [9.17, 15) is 4.79 Å². The van der Waals surface area contributed by atoms with Crippen molar-refractivity contribution < 1.29 is 19.4 Å². The average molecular weight is 255 g/mol. The number of hydrogen-bond acceptors (Lipinski definition) is 6. The Balaban J connectivity index is 2.95. The summed E-state index contributed by atoms with van der Waals surface area (Å²) in [4.78, 5) is 20.7. The van der Waals surface area contributed by atoms with E-state index >= 15 is 0 Å². The van der Waals surface area contributed by atoms with Crippen LogP contribution in [0.3, 0.4) is 0 Å². The highest BCUT2D eigenvalue weighted by molar-refractivity contribution is 5.73. The first-order chi connectivity index (χ1) is 8.56. The van der Waals surface area contributed by atoms with Crippen LogP contribution in [0.4, 0.5) is 5.82 Å². The molecule has 0 aliphatic heterocycles. The highest BCUT2D eigenvalue weighted by atomic mass is 16.5. The fraction of sp³-hybridized carbons (Fsp3) is 0.545. The lowest BCUT2D eigenvalue weighted by Gasteiger charge is -2.21. The highest BCUT2D eigenvalue weighted by Crippen LogP contribution is 2.16. The topological polar surface area (TPSA) is 84.8 Å². The normalized spacial score (nSPS) is 10.2. The summed E-state index contributed by atoms with van der Waals surface area (Å²) in [5.41, 5.74) is 0. The molecule has 7 heteroatoms. The Labute approximate surface area is 105 Å². The molecule has 0 unspecified atom stereocenters. The third kappa shape index (κ3) is 4.17. The molecule has 1 rings (SSSR count). The van der Waals surface area contributed by atoms with Crippen molar-refractivity contribution in [3.8, 4) is 5.88 Å². The number of anilines is 1. The number of aliphatic carboxylic acids is 1. The van der Waals surface area contributed by atoms with E-state index in [-0.39, 0.29) is 6.54 Å². The smallest absolute Gasteiger partial charge is 0.323 e. The first kappa shape index (κ1) is 14.2. The van der Waals surface area contributed by atoms with E-state index in [1.807, 2.05) is 0 Å². The van der Waals surface area contributed by atoms with Crippen LogP contribution in [0, 0.1) is 6.92 Å². The van der Waals surface area contributed by atoms with E-state index in [1.165, 1.54) is 7.11 Å². The van der Waals surface area contributed by atoms with E-state index < -0.39 is 5.97 Å². The summed E-state index contributed by atoms with van der Waals surface area (Å²) in [6.45, 7) is 2.42. The molecule has 0 saturated heterocycles. The van der Waals surface area contributed by atoms with Crippen molar-refractivity contribution in [3.63, 3.8) is 0 Å². The van der Waals surface area contributed by atoms with Crippen LogP contribution >= 0.6 is 0 Å². The van der Waals surface area contributed by atoms with Crippen molar-refractivity contribution in [2.24, 2.45) is 0 Å². The van der Waals surface area contributed by atoms with Crippen LogP contribution in [0.15, 0.2) is 6.07 Å². The van der Waals surface area contributed by atoms with Gasteiger partial charge in [-0.1, -0.05) is 0 Å². The largest absolute Gasteiger partial charge is 0.481 e. The van der Waals surface area contributed by atoms with Crippen LogP contribution in [-0.2, 0) is 9.53 Å². The molecule has 1 heterocycles. The second kappa shape index (κ2) is 6.75. The van der Waals surface area contributed by atoms with Crippen molar-refractivity contribution in [2.75, 3.05) is 38.8 Å². The Morgan fingerprint density at radius 2 is 2.17 bits per heavy atom. The minimum atomic E-state index is -0.929. The monoisotopic (exact) mass is 255 g/mol. The maximum Gasteiger partial charge on any atom is 0.323 e. The molecule has 0 radical (unpaired) electrons. The van der Waals surface area contributed by atoms with Gasteiger partial charge in [-0.25, -0.2) is 4.98 Å². The average Bonchev–Trinajstić information content (AvgIpc) is 2.33. The van der Waals surface area contributed by atoms with Crippen molar-refractivity contribution >= 4 is 11.8 Å². The molecule has 1 N–H and O–H groups in total. The van der Waals surface area contributed by atoms with Crippen molar-refractivity contribution in [2.45, 2.75) is 6.92 Å². The molecule has 0 aliphatic rings. The fourth-order valence-corrected chi connectivity index (χ4v) is 1.43. The van der Waals surface area contributed by atoms with Gasteiger partial charge in [-0.3, -0.25) is 4.79 Å². The molecular formula is C11H17N3O4. The van der Waals surface area contributed by atoms with Gasteiger partial charge >= 0.3 is 5.97 Å². The van der Waals surface area contributed by atoms with E-state index in [2.05, 4.69) is 9.97 Å². The molecule has 0 atom stereocenters. The number of carboxylic acid groups (broad SMARTS) is 1.